The lowest BCUT2D eigenvalue weighted by atomic mass is 10.1. The largest absolute Gasteiger partial charge is 0.383 e. The Bertz CT molecular complexity index is 402. The number of nitrogens with one attached hydrogen (secondary N) is 1. The van der Waals surface area contributed by atoms with E-state index in [2.05, 4.69) is 42.3 Å². The molecule has 2 rings (SSSR count). The van der Waals surface area contributed by atoms with Crippen molar-refractivity contribution in [1.82, 2.24) is 5.32 Å². The molecule has 106 valence electrons. The Kier molecular flexibility index (Phi) is 5.23. The fraction of sp³-hybridized carbons (Fsp3) is 0.625. The first-order valence-electron chi connectivity index (χ1n) is 7.32. The molecule has 0 amide bonds. The Hall–Kier alpha value is -1.06. The van der Waals surface area contributed by atoms with Crippen LogP contribution in [0.3, 0.4) is 0 Å². The van der Waals surface area contributed by atoms with Crippen LogP contribution in [0.5, 0.6) is 0 Å². The molecule has 0 unspecified atom stereocenters. The summed E-state index contributed by atoms with van der Waals surface area (Å²) >= 11 is 0. The second-order valence-corrected chi connectivity index (χ2v) is 5.33. The molecule has 1 N–H and O–H groups in total. The van der Waals surface area contributed by atoms with Gasteiger partial charge in [-0.1, -0.05) is 24.6 Å². The lowest BCUT2D eigenvalue weighted by molar-refractivity contribution is 0.205. The van der Waals surface area contributed by atoms with E-state index < -0.39 is 0 Å². The number of rotatable bonds is 8. The van der Waals surface area contributed by atoms with Crippen molar-refractivity contribution in [2.45, 2.75) is 39.3 Å². The van der Waals surface area contributed by atoms with E-state index in [-0.39, 0.29) is 0 Å². The minimum Gasteiger partial charge on any atom is -0.383 e. The van der Waals surface area contributed by atoms with E-state index in [0.717, 1.165) is 32.3 Å². The third-order valence-electron chi connectivity index (χ3n) is 3.63. The van der Waals surface area contributed by atoms with E-state index >= 15 is 0 Å². The van der Waals surface area contributed by atoms with E-state index in [1.807, 2.05) is 0 Å². The van der Waals surface area contributed by atoms with Crippen molar-refractivity contribution < 1.29 is 4.74 Å². The number of aryl methyl sites for hydroxylation is 1. The Balaban J connectivity index is 2.18. The molecule has 0 aromatic heterocycles. The van der Waals surface area contributed by atoms with Crippen LogP contribution in [0.25, 0.3) is 0 Å². The van der Waals surface area contributed by atoms with Gasteiger partial charge in [-0.05, 0) is 37.9 Å². The molecule has 0 bridgehead atoms. The standard InChI is InChI=1S/C16H26N2O/c1-4-17-12-14-11-13(2)5-8-16(14)18(9-10-19-3)15-6-7-15/h5,8,11,15,17H,4,6-7,9-10,12H2,1-3H3. The highest BCUT2D eigenvalue weighted by atomic mass is 16.5. The molecule has 0 saturated heterocycles. The van der Waals surface area contributed by atoms with E-state index in [4.69, 9.17) is 4.74 Å². The highest BCUT2D eigenvalue weighted by molar-refractivity contribution is 5.56. The van der Waals surface area contributed by atoms with Gasteiger partial charge in [0.05, 0.1) is 6.61 Å². The van der Waals surface area contributed by atoms with Crippen LogP contribution in [0.1, 0.15) is 30.9 Å². The molecule has 1 aromatic carbocycles. The fourth-order valence-corrected chi connectivity index (χ4v) is 2.47. The van der Waals surface area contributed by atoms with Gasteiger partial charge in [-0.15, -0.1) is 0 Å². The van der Waals surface area contributed by atoms with Crippen LogP contribution < -0.4 is 10.2 Å². The molecule has 1 aliphatic rings. The zero-order chi connectivity index (χ0) is 13.7. The van der Waals surface area contributed by atoms with Crippen LogP contribution >= 0.6 is 0 Å². The molecule has 1 saturated carbocycles. The third kappa shape index (κ3) is 3.95. The molecule has 0 aliphatic heterocycles. The summed E-state index contributed by atoms with van der Waals surface area (Å²) in [5.41, 5.74) is 4.12. The predicted octanol–water partition coefficient (Wildman–Crippen LogP) is 2.72. The van der Waals surface area contributed by atoms with E-state index in [0.29, 0.717) is 0 Å². The SMILES string of the molecule is CCNCc1cc(C)ccc1N(CCOC)C1CC1. The van der Waals surface area contributed by atoms with Crippen molar-refractivity contribution in [3.8, 4) is 0 Å². The van der Waals surface area contributed by atoms with Crippen LogP contribution in [0.2, 0.25) is 0 Å². The maximum absolute atomic E-state index is 5.26. The fourth-order valence-electron chi connectivity index (χ4n) is 2.47. The van der Waals surface area contributed by atoms with Gasteiger partial charge in [-0.2, -0.15) is 0 Å². The third-order valence-corrected chi connectivity index (χ3v) is 3.63. The summed E-state index contributed by atoms with van der Waals surface area (Å²) in [5, 5.41) is 3.44. The topological polar surface area (TPSA) is 24.5 Å². The van der Waals surface area contributed by atoms with Gasteiger partial charge in [0.25, 0.3) is 0 Å². The highest BCUT2D eigenvalue weighted by Gasteiger charge is 2.30. The van der Waals surface area contributed by atoms with Crippen LogP contribution in [0, 0.1) is 6.92 Å². The molecule has 1 aliphatic carbocycles. The van der Waals surface area contributed by atoms with Gasteiger partial charge in [0.2, 0.25) is 0 Å². The molecule has 1 aromatic rings. The molecule has 1 fully saturated rings. The average molecular weight is 262 g/mol. The maximum atomic E-state index is 5.26. The number of benzene rings is 1. The first-order chi connectivity index (χ1) is 9.26. The van der Waals surface area contributed by atoms with Crippen LogP contribution in [-0.2, 0) is 11.3 Å². The van der Waals surface area contributed by atoms with E-state index in [1.165, 1.54) is 29.7 Å². The second-order valence-electron chi connectivity index (χ2n) is 5.33. The summed E-state index contributed by atoms with van der Waals surface area (Å²) in [7, 11) is 1.78. The first-order valence-corrected chi connectivity index (χ1v) is 7.32. The first kappa shape index (κ1) is 14.4. The zero-order valence-corrected chi connectivity index (χ0v) is 12.4. The number of anilines is 1. The van der Waals surface area contributed by atoms with Crippen molar-refractivity contribution in [2.24, 2.45) is 0 Å². The lowest BCUT2D eigenvalue weighted by Crippen LogP contribution is -2.31. The second kappa shape index (κ2) is 6.92. The molecule has 0 radical (unpaired) electrons. The number of ether oxygens (including phenoxy) is 1. The Morgan fingerprint density at radius 1 is 1.37 bits per heavy atom. The Labute approximate surface area is 116 Å². The Morgan fingerprint density at radius 3 is 2.79 bits per heavy atom. The predicted molar refractivity (Wildman–Crippen MR) is 80.8 cm³/mol. The van der Waals surface area contributed by atoms with Gasteiger partial charge in [0.15, 0.2) is 0 Å². The van der Waals surface area contributed by atoms with Gasteiger partial charge in [-0.25, -0.2) is 0 Å². The lowest BCUT2D eigenvalue weighted by Gasteiger charge is -2.27. The summed E-state index contributed by atoms with van der Waals surface area (Å²) in [6.45, 7) is 8.06. The molecule has 0 atom stereocenters. The summed E-state index contributed by atoms with van der Waals surface area (Å²) in [6, 6.07) is 7.52. The maximum Gasteiger partial charge on any atom is 0.0637 e. The number of hydrogen-bond acceptors (Lipinski definition) is 3. The van der Waals surface area contributed by atoms with Crippen molar-refractivity contribution in [1.29, 1.82) is 0 Å². The number of methoxy groups -OCH3 is 1. The molecule has 0 heterocycles. The minimum atomic E-state index is 0.721. The van der Waals surface area contributed by atoms with Crippen LogP contribution in [-0.4, -0.2) is 32.8 Å². The molecule has 3 nitrogen and oxygen atoms in total. The summed E-state index contributed by atoms with van der Waals surface area (Å²) in [5.74, 6) is 0. The number of nitrogens with zero attached hydrogens (tertiary/aromatic N) is 1. The van der Waals surface area contributed by atoms with Gasteiger partial charge in [0, 0.05) is 31.9 Å². The summed E-state index contributed by atoms with van der Waals surface area (Å²) < 4.78 is 5.26. The van der Waals surface area contributed by atoms with Gasteiger partial charge in [0.1, 0.15) is 0 Å². The number of hydrogen-bond donors (Lipinski definition) is 1. The molecule has 0 spiro atoms. The monoisotopic (exact) mass is 262 g/mol. The summed E-state index contributed by atoms with van der Waals surface area (Å²) in [6.07, 6.45) is 2.64. The highest BCUT2D eigenvalue weighted by Crippen LogP contribution is 2.33. The molecular formula is C16H26N2O. The van der Waals surface area contributed by atoms with Crippen molar-refractivity contribution in [3.05, 3.63) is 29.3 Å². The quantitative estimate of drug-likeness (QED) is 0.779. The van der Waals surface area contributed by atoms with E-state index in [9.17, 15) is 0 Å². The summed E-state index contributed by atoms with van der Waals surface area (Å²) in [4.78, 5) is 2.52. The Morgan fingerprint density at radius 2 is 2.16 bits per heavy atom. The minimum absolute atomic E-state index is 0.721. The van der Waals surface area contributed by atoms with Crippen molar-refractivity contribution in [2.75, 3.05) is 31.7 Å². The van der Waals surface area contributed by atoms with Crippen molar-refractivity contribution >= 4 is 5.69 Å². The van der Waals surface area contributed by atoms with Gasteiger partial charge < -0.3 is 15.0 Å². The van der Waals surface area contributed by atoms with Crippen LogP contribution in [0.4, 0.5) is 5.69 Å². The van der Waals surface area contributed by atoms with Crippen LogP contribution in [0.15, 0.2) is 18.2 Å². The van der Waals surface area contributed by atoms with E-state index in [1.54, 1.807) is 7.11 Å². The normalized spacial score (nSPS) is 14.7. The van der Waals surface area contributed by atoms with Gasteiger partial charge >= 0.3 is 0 Å². The average Bonchev–Trinajstić information content (AvgIpc) is 3.23. The smallest absolute Gasteiger partial charge is 0.0637 e. The molecule has 3 heteroatoms. The zero-order valence-electron chi connectivity index (χ0n) is 12.4. The van der Waals surface area contributed by atoms with Gasteiger partial charge in [-0.3, -0.25) is 0 Å². The molecule has 19 heavy (non-hydrogen) atoms. The molecular weight excluding hydrogens is 236 g/mol. The van der Waals surface area contributed by atoms with Crippen molar-refractivity contribution in [3.63, 3.8) is 0 Å².